The van der Waals surface area contributed by atoms with E-state index in [0.29, 0.717) is 0 Å². The Bertz CT molecular complexity index is 274. The normalized spacial score (nSPS) is 11.6. The summed E-state index contributed by atoms with van der Waals surface area (Å²) in [6, 6.07) is 3.48. The van der Waals surface area contributed by atoms with E-state index in [4.69, 9.17) is 5.11 Å². The molecule has 0 aliphatic heterocycles. The number of pyridine rings is 1. The van der Waals surface area contributed by atoms with Gasteiger partial charge in [-0.3, -0.25) is 4.98 Å². The van der Waals surface area contributed by atoms with Crippen molar-refractivity contribution in [2.45, 2.75) is 27.3 Å². The van der Waals surface area contributed by atoms with Crippen molar-refractivity contribution in [1.29, 1.82) is 0 Å². The van der Waals surface area contributed by atoms with Gasteiger partial charge in [0, 0.05) is 13.1 Å². The molecule has 14 heavy (non-hydrogen) atoms. The molecule has 0 aromatic carbocycles. The predicted molar refractivity (Wildman–Crippen MR) is 57.1 cm³/mol. The molecule has 78 valence electrons. The van der Waals surface area contributed by atoms with Gasteiger partial charge < -0.3 is 10.4 Å². The molecule has 0 amide bonds. The molecular weight excluding hydrogens is 176 g/mol. The van der Waals surface area contributed by atoms with E-state index in [2.05, 4.69) is 31.1 Å². The average Bonchev–Trinajstić information content (AvgIpc) is 2.06. The molecule has 0 fully saturated rings. The molecule has 1 rings (SSSR count). The Morgan fingerprint density at radius 1 is 1.36 bits per heavy atom. The Balaban J connectivity index is 2.35. The molecule has 3 nitrogen and oxygen atoms in total. The van der Waals surface area contributed by atoms with E-state index in [1.807, 2.05) is 6.07 Å². The van der Waals surface area contributed by atoms with Crippen LogP contribution in [0.5, 0.6) is 5.75 Å². The van der Waals surface area contributed by atoms with Crippen LogP contribution in [0.1, 0.15) is 26.5 Å². The number of nitrogens with one attached hydrogen (secondary N) is 1. The molecule has 1 heterocycles. The van der Waals surface area contributed by atoms with Crippen molar-refractivity contribution in [2.24, 2.45) is 5.41 Å². The minimum atomic E-state index is 0.213. The summed E-state index contributed by atoms with van der Waals surface area (Å²) in [6.07, 6.45) is 1.47. The number of rotatable bonds is 3. The number of nitrogens with zero attached hydrogens (tertiary/aromatic N) is 1. The topological polar surface area (TPSA) is 45.1 Å². The minimum absolute atomic E-state index is 0.213. The zero-order chi connectivity index (χ0) is 10.6. The molecule has 0 aliphatic carbocycles. The van der Waals surface area contributed by atoms with Gasteiger partial charge in [0.25, 0.3) is 0 Å². The van der Waals surface area contributed by atoms with Gasteiger partial charge in [-0.15, -0.1) is 0 Å². The highest BCUT2D eigenvalue weighted by Crippen LogP contribution is 2.11. The lowest BCUT2D eigenvalue weighted by molar-refractivity contribution is 0.378. The van der Waals surface area contributed by atoms with Crippen LogP contribution in [0.3, 0.4) is 0 Å². The number of hydrogen-bond donors (Lipinski definition) is 2. The van der Waals surface area contributed by atoms with Crippen molar-refractivity contribution in [3.63, 3.8) is 0 Å². The molecule has 3 heteroatoms. The Kier molecular flexibility index (Phi) is 3.47. The Hall–Kier alpha value is -1.09. The first-order valence-electron chi connectivity index (χ1n) is 4.82. The van der Waals surface area contributed by atoms with E-state index < -0.39 is 0 Å². The highest BCUT2D eigenvalue weighted by atomic mass is 16.3. The van der Waals surface area contributed by atoms with Gasteiger partial charge >= 0.3 is 0 Å². The van der Waals surface area contributed by atoms with Crippen molar-refractivity contribution in [1.82, 2.24) is 10.3 Å². The zero-order valence-electron chi connectivity index (χ0n) is 9.04. The van der Waals surface area contributed by atoms with Crippen LogP contribution in [-0.2, 0) is 6.54 Å². The third kappa shape index (κ3) is 4.23. The maximum atomic E-state index is 9.03. The lowest BCUT2D eigenvalue weighted by Gasteiger charge is -2.18. The third-order valence-corrected chi connectivity index (χ3v) is 1.77. The first kappa shape index (κ1) is 11.0. The molecule has 1 aromatic rings. The third-order valence-electron chi connectivity index (χ3n) is 1.77. The fourth-order valence-corrected chi connectivity index (χ4v) is 1.09. The number of aromatic nitrogens is 1. The van der Waals surface area contributed by atoms with E-state index in [1.54, 1.807) is 6.07 Å². The molecule has 0 spiro atoms. The fourth-order valence-electron chi connectivity index (χ4n) is 1.09. The first-order chi connectivity index (χ1) is 6.47. The molecule has 2 N–H and O–H groups in total. The predicted octanol–water partition coefficient (Wildman–Crippen LogP) is 1.92. The Morgan fingerprint density at radius 3 is 2.57 bits per heavy atom. The standard InChI is InChI=1S/C11H18N2O/c1-11(2,3)8-12-6-9-4-5-10(14)7-13-9/h4-5,7,12,14H,6,8H2,1-3H3. The van der Waals surface area contributed by atoms with E-state index in [0.717, 1.165) is 18.8 Å². The van der Waals surface area contributed by atoms with Crippen LogP contribution < -0.4 is 5.32 Å². The highest BCUT2D eigenvalue weighted by molar-refractivity contribution is 5.17. The van der Waals surface area contributed by atoms with Crippen LogP contribution in [0.15, 0.2) is 18.3 Å². The van der Waals surface area contributed by atoms with E-state index in [-0.39, 0.29) is 11.2 Å². The van der Waals surface area contributed by atoms with Crippen molar-refractivity contribution < 1.29 is 5.11 Å². The second kappa shape index (κ2) is 4.42. The quantitative estimate of drug-likeness (QED) is 0.772. The van der Waals surface area contributed by atoms with Crippen molar-refractivity contribution in [2.75, 3.05) is 6.54 Å². The summed E-state index contributed by atoms with van der Waals surface area (Å²) in [5.74, 6) is 0.213. The summed E-state index contributed by atoms with van der Waals surface area (Å²) in [7, 11) is 0. The molecule has 0 aliphatic rings. The monoisotopic (exact) mass is 194 g/mol. The highest BCUT2D eigenvalue weighted by Gasteiger charge is 2.08. The van der Waals surface area contributed by atoms with Crippen LogP contribution in [0, 0.1) is 5.41 Å². The summed E-state index contributed by atoms with van der Waals surface area (Å²) in [5, 5.41) is 12.3. The number of hydrogen-bond acceptors (Lipinski definition) is 3. The SMILES string of the molecule is CC(C)(C)CNCc1ccc(O)cn1. The van der Waals surface area contributed by atoms with Crippen molar-refractivity contribution in [3.8, 4) is 5.75 Å². The maximum absolute atomic E-state index is 9.03. The lowest BCUT2D eigenvalue weighted by Crippen LogP contribution is -2.26. The van der Waals surface area contributed by atoms with Crippen LogP contribution in [0.4, 0.5) is 0 Å². The van der Waals surface area contributed by atoms with Crippen LogP contribution in [-0.4, -0.2) is 16.6 Å². The Morgan fingerprint density at radius 2 is 2.07 bits per heavy atom. The minimum Gasteiger partial charge on any atom is -0.506 e. The van der Waals surface area contributed by atoms with Gasteiger partial charge in [0.15, 0.2) is 0 Å². The van der Waals surface area contributed by atoms with E-state index in [9.17, 15) is 0 Å². The Labute approximate surface area is 85.2 Å². The van der Waals surface area contributed by atoms with Gasteiger partial charge in [-0.2, -0.15) is 0 Å². The van der Waals surface area contributed by atoms with Crippen LogP contribution >= 0.6 is 0 Å². The van der Waals surface area contributed by atoms with Gasteiger partial charge in [-0.25, -0.2) is 0 Å². The van der Waals surface area contributed by atoms with Gasteiger partial charge in [-0.1, -0.05) is 20.8 Å². The summed E-state index contributed by atoms with van der Waals surface area (Å²) in [5.41, 5.74) is 1.24. The van der Waals surface area contributed by atoms with Gasteiger partial charge in [-0.05, 0) is 17.5 Å². The van der Waals surface area contributed by atoms with Crippen LogP contribution in [0.25, 0.3) is 0 Å². The zero-order valence-corrected chi connectivity index (χ0v) is 9.04. The smallest absolute Gasteiger partial charge is 0.133 e. The summed E-state index contributed by atoms with van der Waals surface area (Å²) in [6.45, 7) is 8.26. The fraction of sp³-hybridized carbons (Fsp3) is 0.545. The molecule has 0 atom stereocenters. The second-order valence-electron chi connectivity index (χ2n) is 4.67. The molecular formula is C11H18N2O. The largest absolute Gasteiger partial charge is 0.506 e. The first-order valence-corrected chi connectivity index (χ1v) is 4.82. The molecule has 0 radical (unpaired) electrons. The molecule has 0 bridgehead atoms. The van der Waals surface area contributed by atoms with Crippen molar-refractivity contribution >= 4 is 0 Å². The lowest BCUT2D eigenvalue weighted by atomic mass is 9.97. The maximum Gasteiger partial charge on any atom is 0.133 e. The second-order valence-corrected chi connectivity index (χ2v) is 4.67. The molecule has 0 unspecified atom stereocenters. The molecule has 1 aromatic heterocycles. The average molecular weight is 194 g/mol. The summed E-state index contributed by atoms with van der Waals surface area (Å²) in [4.78, 5) is 4.09. The molecule has 0 saturated carbocycles. The van der Waals surface area contributed by atoms with E-state index in [1.165, 1.54) is 6.20 Å². The number of aromatic hydroxyl groups is 1. The summed E-state index contributed by atoms with van der Waals surface area (Å²) < 4.78 is 0. The van der Waals surface area contributed by atoms with Crippen LogP contribution in [0.2, 0.25) is 0 Å². The van der Waals surface area contributed by atoms with Crippen molar-refractivity contribution in [3.05, 3.63) is 24.0 Å². The van der Waals surface area contributed by atoms with Gasteiger partial charge in [0.05, 0.1) is 11.9 Å². The van der Waals surface area contributed by atoms with Gasteiger partial charge in [0.2, 0.25) is 0 Å². The van der Waals surface area contributed by atoms with Gasteiger partial charge in [0.1, 0.15) is 5.75 Å². The van der Waals surface area contributed by atoms with E-state index >= 15 is 0 Å². The summed E-state index contributed by atoms with van der Waals surface area (Å²) >= 11 is 0. The molecule has 0 saturated heterocycles.